The molecule has 0 bridgehead atoms. The number of hydrogen-bond donors (Lipinski definition) is 1. The Balaban J connectivity index is 2.69. The van der Waals surface area contributed by atoms with Crippen LogP contribution in [0.15, 0.2) is 12.7 Å². The van der Waals surface area contributed by atoms with E-state index in [1.165, 1.54) is 6.33 Å². The van der Waals surface area contributed by atoms with Crippen molar-refractivity contribution in [2.24, 2.45) is 5.73 Å². The van der Waals surface area contributed by atoms with Gasteiger partial charge < -0.3 is 10.5 Å². The van der Waals surface area contributed by atoms with Crippen LogP contribution in [-0.2, 0) is 0 Å². The molecule has 6 nitrogen and oxygen atoms in total. The first-order valence-corrected chi connectivity index (χ1v) is 4.21. The summed E-state index contributed by atoms with van der Waals surface area (Å²) in [6.45, 7) is 1.86. The number of nitrogens with zero attached hydrogens (tertiary/aromatic N) is 4. The lowest BCUT2D eigenvalue weighted by Gasteiger charge is -2.06. The summed E-state index contributed by atoms with van der Waals surface area (Å²) in [6, 6.07) is 0. The molecule has 0 spiro atoms. The average Bonchev–Trinajstić information content (AvgIpc) is 2.60. The second-order valence-corrected chi connectivity index (χ2v) is 2.95. The molecule has 0 fully saturated rings. The molecule has 2 aromatic heterocycles. The van der Waals surface area contributed by atoms with Crippen molar-refractivity contribution in [3.05, 3.63) is 12.7 Å². The van der Waals surface area contributed by atoms with Crippen LogP contribution in [0.3, 0.4) is 0 Å². The van der Waals surface area contributed by atoms with Crippen LogP contribution in [0.4, 0.5) is 0 Å². The normalized spacial score (nSPS) is 13.1. The van der Waals surface area contributed by atoms with E-state index in [9.17, 15) is 0 Å². The maximum absolute atomic E-state index is 5.74. The fourth-order valence-corrected chi connectivity index (χ4v) is 1.28. The third-order valence-corrected chi connectivity index (χ3v) is 1.96. The Morgan fingerprint density at radius 3 is 2.86 bits per heavy atom. The maximum Gasteiger partial charge on any atom is 0.245 e. The van der Waals surface area contributed by atoms with Crippen LogP contribution < -0.4 is 10.5 Å². The molecule has 0 aromatic carbocycles. The van der Waals surface area contributed by atoms with E-state index in [4.69, 9.17) is 10.5 Å². The molecule has 0 radical (unpaired) electrons. The molecule has 74 valence electrons. The van der Waals surface area contributed by atoms with E-state index in [0.29, 0.717) is 17.0 Å². The van der Waals surface area contributed by atoms with Crippen molar-refractivity contribution in [2.75, 3.05) is 7.11 Å². The zero-order valence-corrected chi connectivity index (χ0v) is 8.01. The SMILES string of the molecule is COc1ncnc2c1ncn2[C@H](C)N. The van der Waals surface area contributed by atoms with E-state index in [2.05, 4.69) is 15.0 Å². The number of imidazole rings is 1. The molecular formula is C8H11N5O. The van der Waals surface area contributed by atoms with Crippen LogP contribution in [0.5, 0.6) is 5.88 Å². The van der Waals surface area contributed by atoms with Crippen LogP contribution >= 0.6 is 0 Å². The van der Waals surface area contributed by atoms with Gasteiger partial charge in [-0.3, -0.25) is 4.57 Å². The van der Waals surface area contributed by atoms with E-state index in [-0.39, 0.29) is 6.17 Å². The van der Waals surface area contributed by atoms with Gasteiger partial charge in [0.1, 0.15) is 6.33 Å². The second-order valence-electron chi connectivity index (χ2n) is 2.95. The summed E-state index contributed by atoms with van der Waals surface area (Å²) in [4.78, 5) is 12.2. The molecule has 0 aliphatic rings. The number of methoxy groups -OCH3 is 1. The smallest absolute Gasteiger partial charge is 0.245 e. The topological polar surface area (TPSA) is 78.9 Å². The molecule has 0 aliphatic heterocycles. The van der Waals surface area contributed by atoms with E-state index < -0.39 is 0 Å². The summed E-state index contributed by atoms with van der Waals surface area (Å²) in [5, 5.41) is 0. The Hall–Kier alpha value is -1.69. The van der Waals surface area contributed by atoms with Gasteiger partial charge in [0, 0.05) is 0 Å². The molecule has 2 aromatic rings. The zero-order valence-electron chi connectivity index (χ0n) is 8.01. The molecule has 1 atom stereocenters. The summed E-state index contributed by atoms with van der Waals surface area (Å²) in [5.41, 5.74) is 7.06. The molecule has 0 unspecified atom stereocenters. The third-order valence-electron chi connectivity index (χ3n) is 1.96. The largest absolute Gasteiger partial charge is 0.479 e. The number of ether oxygens (including phenoxy) is 1. The van der Waals surface area contributed by atoms with Crippen molar-refractivity contribution < 1.29 is 4.74 Å². The van der Waals surface area contributed by atoms with Crippen molar-refractivity contribution in [3.8, 4) is 5.88 Å². The van der Waals surface area contributed by atoms with Crippen LogP contribution in [0.2, 0.25) is 0 Å². The fraction of sp³-hybridized carbons (Fsp3) is 0.375. The second kappa shape index (κ2) is 3.22. The summed E-state index contributed by atoms with van der Waals surface area (Å²) >= 11 is 0. The van der Waals surface area contributed by atoms with Crippen LogP contribution in [0.25, 0.3) is 11.2 Å². The van der Waals surface area contributed by atoms with E-state index in [1.807, 2.05) is 6.92 Å². The standard InChI is InChI=1S/C8H11N5O/c1-5(9)13-4-12-6-7(13)10-3-11-8(6)14-2/h3-5H,9H2,1-2H3/t5-/m1/s1. The molecule has 0 aliphatic carbocycles. The van der Waals surface area contributed by atoms with Gasteiger partial charge in [0.05, 0.1) is 19.6 Å². The van der Waals surface area contributed by atoms with Crippen molar-refractivity contribution in [3.63, 3.8) is 0 Å². The number of rotatable bonds is 2. The van der Waals surface area contributed by atoms with Crippen molar-refractivity contribution in [1.82, 2.24) is 19.5 Å². The number of hydrogen-bond acceptors (Lipinski definition) is 5. The predicted octanol–water partition coefficient (Wildman–Crippen LogP) is 0.312. The van der Waals surface area contributed by atoms with E-state index >= 15 is 0 Å². The highest BCUT2D eigenvalue weighted by Gasteiger charge is 2.11. The van der Waals surface area contributed by atoms with Gasteiger partial charge in [-0.15, -0.1) is 0 Å². The minimum absolute atomic E-state index is 0.167. The van der Waals surface area contributed by atoms with Gasteiger partial charge in [-0.1, -0.05) is 0 Å². The number of aromatic nitrogens is 4. The van der Waals surface area contributed by atoms with Crippen molar-refractivity contribution in [1.29, 1.82) is 0 Å². The van der Waals surface area contributed by atoms with E-state index in [1.54, 1.807) is 18.0 Å². The molecular weight excluding hydrogens is 182 g/mol. The minimum Gasteiger partial charge on any atom is -0.479 e. The average molecular weight is 193 g/mol. The molecule has 14 heavy (non-hydrogen) atoms. The Morgan fingerprint density at radius 2 is 2.21 bits per heavy atom. The first-order chi connectivity index (χ1) is 6.74. The molecule has 0 saturated carbocycles. The Kier molecular flexibility index (Phi) is 2.05. The van der Waals surface area contributed by atoms with Gasteiger partial charge in [0.15, 0.2) is 11.2 Å². The zero-order chi connectivity index (χ0) is 10.1. The first-order valence-electron chi connectivity index (χ1n) is 4.21. The highest BCUT2D eigenvalue weighted by Crippen LogP contribution is 2.19. The fourth-order valence-electron chi connectivity index (χ4n) is 1.28. The van der Waals surface area contributed by atoms with Crippen LogP contribution in [0.1, 0.15) is 13.1 Å². The number of fused-ring (bicyclic) bond motifs is 1. The van der Waals surface area contributed by atoms with Gasteiger partial charge in [-0.05, 0) is 6.92 Å². The molecule has 0 saturated heterocycles. The predicted molar refractivity (Wildman–Crippen MR) is 50.8 cm³/mol. The maximum atomic E-state index is 5.74. The quantitative estimate of drug-likeness (QED) is 0.742. The van der Waals surface area contributed by atoms with Crippen LogP contribution in [-0.4, -0.2) is 26.6 Å². The lowest BCUT2D eigenvalue weighted by atomic mass is 10.5. The molecule has 6 heteroatoms. The first kappa shape index (κ1) is 8.89. The molecule has 2 N–H and O–H groups in total. The molecule has 0 amide bonds. The molecule has 2 rings (SSSR count). The summed E-state index contributed by atoms with van der Waals surface area (Å²) in [6.07, 6.45) is 2.90. The summed E-state index contributed by atoms with van der Waals surface area (Å²) in [7, 11) is 1.55. The lowest BCUT2D eigenvalue weighted by molar-refractivity contribution is 0.401. The van der Waals surface area contributed by atoms with Gasteiger partial charge in [0.25, 0.3) is 0 Å². The van der Waals surface area contributed by atoms with Gasteiger partial charge in [-0.25, -0.2) is 9.97 Å². The Bertz CT molecular complexity index is 450. The summed E-state index contributed by atoms with van der Waals surface area (Å²) in [5.74, 6) is 0.467. The highest BCUT2D eigenvalue weighted by atomic mass is 16.5. The van der Waals surface area contributed by atoms with Gasteiger partial charge in [-0.2, -0.15) is 4.98 Å². The minimum atomic E-state index is -0.167. The van der Waals surface area contributed by atoms with Gasteiger partial charge in [0.2, 0.25) is 5.88 Å². The summed E-state index contributed by atoms with van der Waals surface area (Å²) < 4.78 is 6.82. The monoisotopic (exact) mass is 193 g/mol. The van der Waals surface area contributed by atoms with E-state index in [0.717, 1.165) is 0 Å². The van der Waals surface area contributed by atoms with Crippen molar-refractivity contribution in [2.45, 2.75) is 13.1 Å². The van der Waals surface area contributed by atoms with Gasteiger partial charge >= 0.3 is 0 Å². The highest BCUT2D eigenvalue weighted by molar-refractivity contribution is 5.75. The lowest BCUT2D eigenvalue weighted by Crippen LogP contribution is -2.13. The Labute approximate surface area is 80.7 Å². The van der Waals surface area contributed by atoms with Crippen LogP contribution in [0, 0.1) is 0 Å². The molecule has 2 heterocycles. The number of nitrogens with two attached hydrogens (primary N) is 1. The third kappa shape index (κ3) is 1.20. The Morgan fingerprint density at radius 1 is 1.43 bits per heavy atom. The van der Waals surface area contributed by atoms with Crippen molar-refractivity contribution >= 4 is 11.2 Å².